The molecule has 3 rings (SSSR count). The normalized spacial score (nSPS) is 11.9. The maximum absolute atomic E-state index is 12.5. The van der Waals surface area contributed by atoms with Crippen LogP contribution in [0.5, 0.6) is 0 Å². The molecule has 1 aromatic carbocycles. The van der Waals surface area contributed by atoms with Gasteiger partial charge < -0.3 is 9.84 Å². The first-order chi connectivity index (χ1) is 13.8. The summed E-state index contributed by atoms with van der Waals surface area (Å²) in [6.45, 7) is 3.61. The first-order valence-corrected chi connectivity index (χ1v) is 11.3. The van der Waals surface area contributed by atoms with Crippen LogP contribution < -0.4 is 5.32 Å². The van der Waals surface area contributed by atoms with Gasteiger partial charge in [-0.25, -0.2) is 8.42 Å². The van der Waals surface area contributed by atoms with Crippen molar-refractivity contribution in [2.45, 2.75) is 37.6 Å². The fourth-order valence-corrected chi connectivity index (χ4v) is 4.48. The lowest BCUT2D eigenvalue weighted by Crippen LogP contribution is -2.33. The Balaban J connectivity index is 1.56. The first-order valence-electron chi connectivity index (χ1n) is 9.02. The summed E-state index contributed by atoms with van der Waals surface area (Å²) in [4.78, 5) is 17.5. The number of hydrogen-bond donors (Lipinski definition) is 1. The molecule has 0 bridgehead atoms. The summed E-state index contributed by atoms with van der Waals surface area (Å²) in [6.07, 6.45) is 0.484. The van der Waals surface area contributed by atoms with E-state index in [0.29, 0.717) is 23.8 Å². The minimum absolute atomic E-state index is 0.149. The maximum atomic E-state index is 12.5. The predicted octanol–water partition coefficient (Wildman–Crippen LogP) is 3.40. The number of sulfonamides is 1. The van der Waals surface area contributed by atoms with Gasteiger partial charge in [-0.2, -0.15) is 9.29 Å². The number of benzene rings is 1. The quantitative estimate of drug-likeness (QED) is 0.582. The molecule has 1 N–H and O–H groups in total. The number of aromatic nitrogens is 2. The van der Waals surface area contributed by atoms with E-state index < -0.39 is 10.0 Å². The molecule has 1 amide bonds. The van der Waals surface area contributed by atoms with Gasteiger partial charge in [0.25, 0.3) is 0 Å². The van der Waals surface area contributed by atoms with Gasteiger partial charge in [-0.15, -0.1) is 11.3 Å². The van der Waals surface area contributed by atoms with Gasteiger partial charge in [-0.1, -0.05) is 11.2 Å². The molecular formula is C19H22N4O4S2. The Morgan fingerprint density at radius 3 is 2.59 bits per heavy atom. The van der Waals surface area contributed by atoms with Crippen molar-refractivity contribution in [3.8, 4) is 10.7 Å². The number of carbonyl (C=O) groups is 1. The van der Waals surface area contributed by atoms with E-state index in [1.54, 1.807) is 26.0 Å². The summed E-state index contributed by atoms with van der Waals surface area (Å²) in [5.74, 6) is 0.677. The topological polar surface area (TPSA) is 105 Å². The maximum Gasteiger partial charge on any atom is 0.243 e. The summed E-state index contributed by atoms with van der Waals surface area (Å²) in [5.41, 5.74) is 0.519. The van der Waals surface area contributed by atoms with Gasteiger partial charge in [-0.05, 0) is 49.6 Å². The van der Waals surface area contributed by atoms with Crippen LogP contribution in [0.1, 0.15) is 26.2 Å². The fourth-order valence-electron chi connectivity index (χ4n) is 2.46. The van der Waals surface area contributed by atoms with E-state index in [1.165, 1.54) is 34.8 Å². The smallest absolute Gasteiger partial charge is 0.243 e. The van der Waals surface area contributed by atoms with Crippen LogP contribution in [0.2, 0.25) is 0 Å². The van der Waals surface area contributed by atoms with E-state index in [-0.39, 0.29) is 23.3 Å². The number of amides is 1. The third-order valence-electron chi connectivity index (χ3n) is 4.32. The average Bonchev–Trinajstić information content (AvgIpc) is 3.37. The Morgan fingerprint density at radius 1 is 1.24 bits per heavy atom. The van der Waals surface area contributed by atoms with Crippen molar-refractivity contribution in [1.29, 1.82) is 0 Å². The highest BCUT2D eigenvalue weighted by Gasteiger charge is 2.22. The molecule has 0 radical (unpaired) electrons. The molecule has 0 unspecified atom stereocenters. The summed E-state index contributed by atoms with van der Waals surface area (Å²) >= 11 is 1.51. The minimum atomic E-state index is -3.55. The van der Waals surface area contributed by atoms with E-state index in [4.69, 9.17) is 4.52 Å². The second-order valence-corrected chi connectivity index (χ2v) is 9.62. The molecule has 0 saturated heterocycles. The molecule has 0 aliphatic rings. The van der Waals surface area contributed by atoms with Gasteiger partial charge in [0, 0.05) is 31.6 Å². The molecule has 2 heterocycles. The van der Waals surface area contributed by atoms with Gasteiger partial charge in [0.2, 0.25) is 27.6 Å². The molecule has 154 valence electrons. The van der Waals surface area contributed by atoms with Crippen LogP contribution in [-0.2, 0) is 21.2 Å². The lowest BCUT2D eigenvalue weighted by molar-refractivity contribution is -0.116. The van der Waals surface area contributed by atoms with E-state index in [9.17, 15) is 13.2 Å². The van der Waals surface area contributed by atoms with Gasteiger partial charge in [0.1, 0.15) is 0 Å². The predicted molar refractivity (Wildman–Crippen MR) is 111 cm³/mol. The van der Waals surface area contributed by atoms with Gasteiger partial charge in [-0.3, -0.25) is 4.79 Å². The van der Waals surface area contributed by atoms with Crippen molar-refractivity contribution in [2.75, 3.05) is 12.4 Å². The first kappa shape index (κ1) is 21.2. The van der Waals surface area contributed by atoms with Crippen LogP contribution in [0.3, 0.4) is 0 Å². The largest absolute Gasteiger partial charge is 0.339 e. The van der Waals surface area contributed by atoms with Crippen molar-refractivity contribution in [3.05, 3.63) is 47.7 Å². The van der Waals surface area contributed by atoms with Gasteiger partial charge in [0.05, 0.1) is 9.77 Å². The highest BCUT2D eigenvalue weighted by Crippen LogP contribution is 2.22. The molecule has 0 atom stereocenters. The zero-order valence-electron chi connectivity index (χ0n) is 16.3. The summed E-state index contributed by atoms with van der Waals surface area (Å²) in [5, 5.41) is 8.58. The Bertz CT molecular complexity index is 1060. The fraction of sp³-hybridized carbons (Fsp3) is 0.316. The Labute approximate surface area is 173 Å². The standard InChI is InChI=1S/C19H22N4O4S2/c1-13(2)23(3)29(25,26)15-8-6-14(7-9-15)20-17(24)10-11-18-21-19(22-27-18)16-5-4-12-28-16/h4-9,12-13H,10-11H2,1-3H3,(H,20,24). The van der Waals surface area contributed by atoms with Crippen molar-refractivity contribution in [1.82, 2.24) is 14.4 Å². The zero-order chi connectivity index (χ0) is 21.0. The number of carbonyl (C=O) groups excluding carboxylic acids is 1. The second kappa shape index (κ2) is 8.85. The SMILES string of the molecule is CC(C)N(C)S(=O)(=O)c1ccc(NC(=O)CCc2nc(-c3cccs3)no2)cc1. The average molecular weight is 435 g/mol. The third-order valence-corrected chi connectivity index (χ3v) is 7.23. The molecule has 2 aromatic heterocycles. The van der Waals surface area contributed by atoms with E-state index >= 15 is 0 Å². The van der Waals surface area contributed by atoms with Crippen LogP contribution in [0.4, 0.5) is 5.69 Å². The number of aryl methyl sites for hydroxylation is 1. The molecule has 0 aliphatic heterocycles. The third kappa shape index (κ3) is 5.08. The van der Waals surface area contributed by atoms with Crippen LogP contribution in [0, 0.1) is 0 Å². The van der Waals surface area contributed by atoms with Gasteiger partial charge in [0.15, 0.2) is 0 Å². The number of nitrogens with zero attached hydrogens (tertiary/aromatic N) is 3. The summed E-state index contributed by atoms with van der Waals surface area (Å²) < 4.78 is 31.4. The van der Waals surface area contributed by atoms with Crippen LogP contribution in [-0.4, -0.2) is 41.9 Å². The lowest BCUT2D eigenvalue weighted by atomic mass is 10.2. The number of thiophene rings is 1. The molecule has 29 heavy (non-hydrogen) atoms. The second-order valence-electron chi connectivity index (χ2n) is 6.68. The molecular weight excluding hydrogens is 412 g/mol. The van der Waals surface area contributed by atoms with Crippen LogP contribution in [0.25, 0.3) is 10.7 Å². The summed E-state index contributed by atoms with van der Waals surface area (Å²) in [6, 6.07) is 9.76. The van der Waals surface area contributed by atoms with E-state index in [2.05, 4.69) is 15.5 Å². The van der Waals surface area contributed by atoms with E-state index in [0.717, 1.165) is 4.88 Å². The number of hydrogen-bond acceptors (Lipinski definition) is 7. The van der Waals surface area contributed by atoms with Crippen molar-refractivity contribution < 1.29 is 17.7 Å². The molecule has 10 heteroatoms. The molecule has 8 nitrogen and oxygen atoms in total. The van der Waals surface area contributed by atoms with Crippen molar-refractivity contribution >= 4 is 33.0 Å². The molecule has 0 spiro atoms. The van der Waals surface area contributed by atoms with Crippen LogP contribution in [0.15, 0.2) is 51.2 Å². The molecule has 0 fully saturated rings. The minimum Gasteiger partial charge on any atom is -0.339 e. The van der Waals surface area contributed by atoms with Crippen molar-refractivity contribution in [3.63, 3.8) is 0 Å². The number of nitrogens with one attached hydrogen (secondary N) is 1. The Hall–Kier alpha value is -2.56. The Kier molecular flexibility index (Phi) is 6.46. The zero-order valence-corrected chi connectivity index (χ0v) is 18.0. The molecule has 0 aliphatic carbocycles. The Morgan fingerprint density at radius 2 is 1.97 bits per heavy atom. The molecule has 3 aromatic rings. The summed E-state index contributed by atoms with van der Waals surface area (Å²) in [7, 11) is -2.01. The highest BCUT2D eigenvalue weighted by molar-refractivity contribution is 7.89. The van der Waals surface area contributed by atoms with Gasteiger partial charge >= 0.3 is 0 Å². The van der Waals surface area contributed by atoms with Crippen LogP contribution >= 0.6 is 11.3 Å². The number of rotatable bonds is 8. The lowest BCUT2D eigenvalue weighted by Gasteiger charge is -2.21. The monoisotopic (exact) mass is 434 g/mol. The molecule has 0 saturated carbocycles. The van der Waals surface area contributed by atoms with E-state index in [1.807, 2.05) is 17.5 Å². The highest BCUT2D eigenvalue weighted by atomic mass is 32.2. The van der Waals surface area contributed by atoms with Crippen molar-refractivity contribution in [2.24, 2.45) is 0 Å². The number of anilines is 1.